The summed E-state index contributed by atoms with van der Waals surface area (Å²) in [6.07, 6.45) is 14.2. The summed E-state index contributed by atoms with van der Waals surface area (Å²) < 4.78 is 5.13. The fourth-order valence-electron chi connectivity index (χ4n) is 12.7. The number of ketones is 4. The van der Waals surface area contributed by atoms with E-state index >= 15 is 0 Å². The maximum Gasteiger partial charge on any atom is 0.407 e. The zero-order chi connectivity index (χ0) is 89.3. The van der Waals surface area contributed by atoms with E-state index in [1.807, 2.05) is 219 Å². The molecule has 12 N–H and O–H groups in total. The molecule has 0 aliphatic carbocycles. The molecule has 9 aromatic carbocycles. The second kappa shape index (κ2) is 54.5. The number of rotatable bonds is 32. The number of hydroxylamine groups is 1. The minimum absolute atomic E-state index is 0. The standard InChI is InChI=1S/C24H21N5O.C22H21N3O3.C20H17NO3.C18H17N3O2S.C17H20N2O2.4CH4/c25-21-6-2-1-4-19(21)14-23(30)18-9-7-17(8-10-18)15-28-24-27-13-11-22(29-24)20-5-3-12-26-16-20;23-20-6-2-1-5-19(20)12-21(26)18-9-7-16(8-10-18)14-25-22(27)28-15-17-4-3-11-24-13-17;22-13-19(23)16-7-5-14(6-8-16)12-21-20(24)18-10-9-15-3-1-2-4-17(15)11-18;22-18(21-23)17-9-8-16(24-17)15-7-6-14(12-20-15)11-19-10-13-4-2-1-3-5-13;1-2-17(21)18-9-5-7-15(20)11-13-10-14-6-3-4-8-16(14)19-12-13;;;;/h1-13,16H,14-15,25H2,(H,27,28,29);1-11,13H,12,14-15,23H2,(H,25,27);1-11,22H,12-13H2,(H,21,24);1-9,12,19,23H,10-11H2,(H,21,22);3-4,6,8,10,12H,2,5,7,9,11H2,1H3,(H,18,21);4*1H4. The van der Waals surface area contributed by atoms with Gasteiger partial charge in [-0.25, -0.2) is 20.2 Å². The smallest absolute Gasteiger partial charge is 0.407 e. The molecule has 131 heavy (non-hydrogen) atoms. The summed E-state index contributed by atoms with van der Waals surface area (Å²) in [4.78, 5) is 122. The summed E-state index contributed by atoms with van der Waals surface area (Å²) in [5.41, 5.74) is 29.1. The van der Waals surface area contributed by atoms with Crippen LogP contribution in [0.1, 0.15) is 157 Å². The molecule has 0 saturated heterocycles. The second-order valence-corrected chi connectivity index (χ2v) is 30.1. The SMILES string of the molecule is C.C.C.C.CCC(=O)NCCCC(=O)Cc1cnc2ccccc2c1.Nc1ccccc1CC(=O)c1ccc(CNC(=O)OCc2cccnc2)cc1.Nc1ccccc1CC(=O)c1ccc(CNc2nccc(-c3cccnc3)n2)cc1.O=C(CO)c1ccc(CNC(=O)c2ccc3ccccc3c2)cc1.O=C(NO)c1ccc(-c2ccc(CNCc3ccccc3)cn2)s1. The van der Waals surface area contributed by atoms with Crippen molar-refractivity contribution in [1.82, 2.24) is 56.7 Å². The number of aliphatic hydroxyl groups excluding tert-OH is 1. The number of fused-ring (bicyclic) bond motifs is 2. The van der Waals surface area contributed by atoms with E-state index in [2.05, 4.69) is 68.6 Å². The Labute approximate surface area is 768 Å². The van der Waals surface area contributed by atoms with Crippen molar-refractivity contribution in [3.8, 4) is 21.8 Å². The van der Waals surface area contributed by atoms with E-state index in [1.165, 1.54) is 16.9 Å². The number of aromatic nitrogens is 6. The number of carbonyl (C=O) groups is 8. The predicted molar refractivity (Wildman–Crippen MR) is 521 cm³/mol. The fraction of sp³-hybridized carbons (Fsp3) is 0.181. The van der Waals surface area contributed by atoms with Gasteiger partial charge in [0.15, 0.2) is 17.3 Å². The van der Waals surface area contributed by atoms with Gasteiger partial charge in [0.05, 0.1) is 26.7 Å². The summed E-state index contributed by atoms with van der Waals surface area (Å²) in [6, 6.07) is 86.6. The van der Waals surface area contributed by atoms with Crippen LogP contribution in [0.15, 0.2) is 322 Å². The average Bonchev–Trinajstić information content (AvgIpc) is 1.41. The average molecular weight is 1780 g/mol. The van der Waals surface area contributed by atoms with E-state index in [-0.39, 0.29) is 77.7 Å². The quantitative estimate of drug-likeness (QED) is 0.00615. The first-order valence-corrected chi connectivity index (χ1v) is 41.8. The number of benzene rings is 9. The highest BCUT2D eigenvalue weighted by molar-refractivity contribution is 7.17. The molecule has 0 unspecified atom stereocenters. The van der Waals surface area contributed by atoms with Crippen LogP contribution in [-0.4, -0.2) is 100 Å². The van der Waals surface area contributed by atoms with Gasteiger partial charge in [-0.2, -0.15) is 0 Å². The number of thiophene rings is 1. The molecule has 4 amide bonds. The van der Waals surface area contributed by atoms with Crippen LogP contribution in [0.2, 0.25) is 0 Å². The fourth-order valence-corrected chi connectivity index (χ4v) is 13.5. The Morgan fingerprint density at radius 1 is 0.427 bits per heavy atom. The van der Waals surface area contributed by atoms with Crippen LogP contribution >= 0.6 is 11.3 Å². The number of Topliss-reactive ketones (excluding diaryl/α,β-unsaturated/α-hetero) is 4. The van der Waals surface area contributed by atoms with Crippen molar-refractivity contribution in [1.29, 1.82) is 0 Å². The number of nitrogen functional groups attached to an aromatic ring is 2. The molecule has 6 aromatic heterocycles. The number of carbonyl (C=O) groups excluding carboxylic acids is 8. The molecule has 0 aliphatic heterocycles. The highest BCUT2D eigenvalue weighted by atomic mass is 32.1. The molecule has 15 aromatic rings. The third-order valence-electron chi connectivity index (χ3n) is 19.7. The monoisotopic (exact) mass is 1780 g/mol. The molecule has 0 saturated carbocycles. The first kappa shape index (κ1) is 103. The van der Waals surface area contributed by atoms with Crippen LogP contribution in [-0.2, 0) is 72.9 Å². The number of amides is 4. The molecular weight excluding hydrogens is 1670 g/mol. The van der Waals surface area contributed by atoms with Gasteiger partial charge in [-0.3, -0.25) is 58.7 Å². The molecule has 674 valence electrons. The number of hydrogen-bond donors (Lipinski definition) is 10. The molecule has 0 fully saturated rings. The van der Waals surface area contributed by atoms with Gasteiger partial charge in [-0.1, -0.05) is 237 Å². The normalized spacial score (nSPS) is 10.2. The van der Waals surface area contributed by atoms with E-state index in [9.17, 15) is 38.4 Å². The number of pyridine rings is 4. The van der Waals surface area contributed by atoms with E-state index < -0.39 is 18.6 Å². The number of nitrogens with one attached hydrogen (secondary N) is 6. The number of anilines is 3. The molecule has 6 heterocycles. The van der Waals surface area contributed by atoms with Crippen molar-refractivity contribution < 1.29 is 53.4 Å². The lowest BCUT2D eigenvalue weighted by Gasteiger charge is -2.08. The molecule has 15 rings (SSSR count). The van der Waals surface area contributed by atoms with Gasteiger partial charge in [0, 0.05) is 165 Å². The zero-order valence-corrected chi connectivity index (χ0v) is 70.6. The molecule has 25 nitrogen and oxygen atoms in total. The van der Waals surface area contributed by atoms with E-state index in [4.69, 9.17) is 26.5 Å². The molecule has 0 bridgehead atoms. The molecular formula is C105H112N14O11S. The molecule has 26 heteroatoms. The van der Waals surface area contributed by atoms with Crippen molar-refractivity contribution in [2.75, 3.05) is 29.9 Å². The Balaban J connectivity index is 0.000000223. The van der Waals surface area contributed by atoms with Crippen LogP contribution in [0.4, 0.5) is 22.1 Å². The van der Waals surface area contributed by atoms with Gasteiger partial charge in [0.1, 0.15) is 19.0 Å². The van der Waals surface area contributed by atoms with Gasteiger partial charge < -0.3 is 47.9 Å². The second-order valence-electron chi connectivity index (χ2n) is 29.0. The molecule has 0 spiro atoms. The zero-order valence-electron chi connectivity index (χ0n) is 69.8. The van der Waals surface area contributed by atoms with Gasteiger partial charge in [-0.15, -0.1) is 11.3 Å². The lowest BCUT2D eigenvalue weighted by atomic mass is 10.0. The van der Waals surface area contributed by atoms with Crippen molar-refractivity contribution in [2.45, 2.75) is 114 Å². The van der Waals surface area contributed by atoms with Gasteiger partial charge >= 0.3 is 6.09 Å². The summed E-state index contributed by atoms with van der Waals surface area (Å²) in [6.45, 7) is 4.83. The van der Waals surface area contributed by atoms with Gasteiger partial charge in [0.25, 0.3) is 11.8 Å². The maximum atomic E-state index is 12.5. The number of aliphatic hydroxyl groups is 1. The van der Waals surface area contributed by atoms with Crippen LogP contribution in [0.5, 0.6) is 0 Å². The summed E-state index contributed by atoms with van der Waals surface area (Å²) in [5, 5.41) is 35.6. The molecule has 0 aliphatic rings. The number of hydrogen-bond acceptors (Lipinski definition) is 22. The van der Waals surface area contributed by atoms with E-state index in [0.29, 0.717) is 103 Å². The predicted octanol–water partition coefficient (Wildman–Crippen LogP) is 19.0. The summed E-state index contributed by atoms with van der Waals surface area (Å²) in [7, 11) is 0. The van der Waals surface area contributed by atoms with Crippen molar-refractivity contribution >= 4 is 97.3 Å². The van der Waals surface area contributed by atoms with Crippen molar-refractivity contribution in [3.63, 3.8) is 0 Å². The lowest BCUT2D eigenvalue weighted by molar-refractivity contribution is -0.121. The Morgan fingerprint density at radius 3 is 1.58 bits per heavy atom. The first-order valence-electron chi connectivity index (χ1n) is 41.0. The van der Waals surface area contributed by atoms with Crippen molar-refractivity contribution in [3.05, 3.63) is 400 Å². The summed E-state index contributed by atoms with van der Waals surface area (Å²) in [5.74, 6) is -0.186. The highest BCUT2D eigenvalue weighted by Gasteiger charge is 2.16. The Hall–Kier alpha value is -15.5. The number of nitrogens with two attached hydrogens (primary N) is 2. The number of nitrogens with zero attached hydrogens (tertiary/aromatic N) is 6. The summed E-state index contributed by atoms with van der Waals surface area (Å²) >= 11 is 1.29. The molecule has 0 radical (unpaired) electrons. The van der Waals surface area contributed by atoms with Gasteiger partial charge in [0.2, 0.25) is 11.9 Å². The van der Waals surface area contributed by atoms with Crippen LogP contribution in [0.25, 0.3) is 43.5 Å². The molecule has 0 atom stereocenters. The first-order chi connectivity index (χ1) is 61.9. The Bertz CT molecular complexity index is 6140. The lowest BCUT2D eigenvalue weighted by Crippen LogP contribution is -2.23. The van der Waals surface area contributed by atoms with Crippen LogP contribution in [0, 0.1) is 0 Å². The topological polar surface area (TPSA) is 388 Å². The highest BCUT2D eigenvalue weighted by Crippen LogP contribution is 2.28. The van der Waals surface area contributed by atoms with Crippen LogP contribution < -0.4 is 43.5 Å². The van der Waals surface area contributed by atoms with Gasteiger partial charge in [-0.05, 0) is 141 Å². The number of alkyl carbamates (subject to hydrolysis) is 1. The largest absolute Gasteiger partial charge is 0.445 e. The van der Waals surface area contributed by atoms with Crippen LogP contribution in [0.3, 0.4) is 0 Å². The van der Waals surface area contributed by atoms with E-state index in [0.717, 1.165) is 101 Å². The Kier molecular flexibility index (Phi) is 42.7. The number of para-hydroxylation sites is 3. The third-order valence-corrected chi connectivity index (χ3v) is 20.8. The third kappa shape index (κ3) is 33.3. The maximum absolute atomic E-state index is 12.5. The Morgan fingerprint density at radius 2 is 0.977 bits per heavy atom. The number of ether oxygens (including phenoxy) is 1. The minimum atomic E-state index is -0.511. The van der Waals surface area contributed by atoms with Crippen molar-refractivity contribution in [2.24, 2.45) is 0 Å². The van der Waals surface area contributed by atoms with E-state index in [1.54, 1.807) is 103 Å². The minimum Gasteiger partial charge on any atom is -0.445 e.